The maximum absolute atomic E-state index is 10.2. The number of ether oxygens (including phenoxy) is 1. The van der Waals surface area contributed by atoms with Gasteiger partial charge >= 0.3 is 0 Å². The molecular weight excluding hydrogens is 164 g/mol. The molecule has 4 unspecified atom stereocenters. The molecule has 2 aliphatic carbocycles. The molecule has 0 aromatic carbocycles. The molecule has 2 rings (SSSR count). The van der Waals surface area contributed by atoms with Crippen molar-refractivity contribution in [2.45, 2.75) is 51.2 Å². The van der Waals surface area contributed by atoms with Gasteiger partial charge in [-0.25, -0.2) is 0 Å². The first-order valence-corrected chi connectivity index (χ1v) is 5.41. The van der Waals surface area contributed by atoms with Crippen molar-refractivity contribution in [1.29, 1.82) is 0 Å². The first-order valence-electron chi connectivity index (χ1n) is 5.41. The Morgan fingerprint density at radius 3 is 2.62 bits per heavy atom. The van der Waals surface area contributed by atoms with Crippen LogP contribution in [0.25, 0.3) is 0 Å². The van der Waals surface area contributed by atoms with Crippen LogP contribution in [0.5, 0.6) is 0 Å². The van der Waals surface area contributed by atoms with Gasteiger partial charge in [-0.2, -0.15) is 0 Å². The minimum absolute atomic E-state index is 0.119. The van der Waals surface area contributed by atoms with Crippen LogP contribution in [0.2, 0.25) is 0 Å². The van der Waals surface area contributed by atoms with Gasteiger partial charge in [0.05, 0.1) is 12.2 Å². The van der Waals surface area contributed by atoms with E-state index in [-0.39, 0.29) is 11.5 Å². The molecule has 1 spiro atoms. The third kappa shape index (κ3) is 1.23. The first-order chi connectivity index (χ1) is 6.20. The highest BCUT2D eigenvalue weighted by Gasteiger charge is 2.53. The summed E-state index contributed by atoms with van der Waals surface area (Å²) in [4.78, 5) is 0. The van der Waals surface area contributed by atoms with Gasteiger partial charge in [-0.05, 0) is 31.6 Å². The zero-order valence-electron chi connectivity index (χ0n) is 8.62. The van der Waals surface area contributed by atoms with Gasteiger partial charge in [0.15, 0.2) is 0 Å². The Kier molecular flexibility index (Phi) is 2.37. The summed E-state index contributed by atoms with van der Waals surface area (Å²) in [5.41, 5.74) is 0.119. The molecule has 0 aromatic rings. The summed E-state index contributed by atoms with van der Waals surface area (Å²) in [6.07, 6.45) is 6.04. The third-order valence-corrected chi connectivity index (χ3v) is 4.23. The summed E-state index contributed by atoms with van der Waals surface area (Å²) >= 11 is 0. The van der Waals surface area contributed by atoms with Crippen LogP contribution < -0.4 is 0 Å². The van der Waals surface area contributed by atoms with Crippen LogP contribution >= 0.6 is 0 Å². The van der Waals surface area contributed by atoms with Crippen molar-refractivity contribution in [3.05, 3.63) is 0 Å². The van der Waals surface area contributed by atoms with Crippen LogP contribution in [0, 0.1) is 11.3 Å². The average Bonchev–Trinajstić information content (AvgIpc) is 2.67. The SMILES string of the molecule is COC1CCCC12CCC(C)C2O. The van der Waals surface area contributed by atoms with Crippen molar-refractivity contribution >= 4 is 0 Å². The molecular formula is C11H20O2. The fraction of sp³-hybridized carbons (Fsp3) is 1.00. The number of methoxy groups -OCH3 is 1. The second kappa shape index (κ2) is 3.25. The van der Waals surface area contributed by atoms with E-state index in [0.29, 0.717) is 12.0 Å². The van der Waals surface area contributed by atoms with Crippen molar-refractivity contribution < 1.29 is 9.84 Å². The normalized spacial score (nSPS) is 50.5. The van der Waals surface area contributed by atoms with Crippen LogP contribution in [0.15, 0.2) is 0 Å². The van der Waals surface area contributed by atoms with Crippen LogP contribution in [-0.4, -0.2) is 24.4 Å². The highest BCUT2D eigenvalue weighted by Crippen LogP contribution is 2.53. The van der Waals surface area contributed by atoms with E-state index in [1.807, 2.05) is 0 Å². The molecule has 0 bridgehead atoms. The molecule has 0 aliphatic heterocycles. The van der Waals surface area contributed by atoms with Gasteiger partial charge in [0.25, 0.3) is 0 Å². The fourth-order valence-electron chi connectivity index (χ4n) is 3.41. The molecule has 2 heteroatoms. The molecule has 2 nitrogen and oxygen atoms in total. The van der Waals surface area contributed by atoms with Crippen LogP contribution in [0.1, 0.15) is 39.0 Å². The summed E-state index contributed by atoms with van der Waals surface area (Å²) in [5, 5.41) is 10.2. The average molecular weight is 184 g/mol. The van der Waals surface area contributed by atoms with Gasteiger partial charge < -0.3 is 9.84 Å². The lowest BCUT2D eigenvalue weighted by Crippen LogP contribution is -2.40. The quantitative estimate of drug-likeness (QED) is 0.675. The standard InChI is InChI=1S/C11H20O2/c1-8-5-7-11(10(8)12)6-3-4-9(11)13-2/h8-10,12H,3-7H2,1-2H3. The zero-order chi connectivity index (χ0) is 9.47. The number of aliphatic hydroxyl groups excluding tert-OH is 1. The van der Waals surface area contributed by atoms with E-state index < -0.39 is 0 Å². The molecule has 13 heavy (non-hydrogen) atoms. The Bertz CT molecular complexity index is 189. The molecule has 0 heterocycles. The van der Waals surface area contributed by atoms with Gasteiger partial charge in [0.1, 0.15) is 0 Å². The predicted octanol–water partition coefficient (Wildman–Crippen LogP) is 1.96. The topological polar surface area (TPSA) is 29.5 Å². The van der Waals surface area contributed by atoms with E-state index in [1.165, 1.54) is 12.8 Å². The van der Waals surface area contributed by atoms with E-state index >= 15 is 0 Å². The van der Waals surface area contributed by atoms with E-state index in [1.54, 1.807) is 7.11 Å². The zero-order valence-corrected chi connectivity index (χ0v) is 8.62. The second-order valence-electron chi connectivity index (χ2n) is 4.81. The van der Waals surface area contributed by atoms with Crippen molar-refractivity contribution in [3.63, 3.8) is 0 Å². The maximum Gasteiger partial charge on any atom is 0.0652 e. The number of aliphatic hydroxyl groups is 1. The Hall–Kier alpha value is -0.0800. The molecule has 4 atom stereocenters. The Balaban J connectivity index is 2.19. The van der Waals surface area contributed by atoms with Gasteiger partial charge in [-0.1, -0.05) is 13.3 Å². The summed E-state index contributed by atoms with van der Waals surface area (Å²) in [6.45, 7) is 2.16. The van der Waals surface area contributed by atoms with Gasteiger partial charge in [-0.3, -0.25) is 0 Å². The van der Waals surface area contributed by atoms with Gasteiger partial charge in [0.2, 0.25) is 0 Å². The summed E-state index contributed by atoms with van der Waals surface area (Å²) < 4.78 is 5.51. The molecule has 2 saturated carbocycles. The minimum atomic E-state index is -0.125. The van der Waals surface area contributed by atoms with Crippen LogP contribution in [-0.2, 0) is 4.74 Å². The minimum Gasteiger partial charge on any atom is -0.392 e. The van der Waals surface area contributed by atoms with E-state index in [9.17, 15) is 5.11 Å². The largest absolute Gasteiger partial charge is 0.392 e. The second-order valence-corrected chi connectivity index (χ2v) is 4.81. The lowest BCUT2D eigenvalue weighted by atomic mass is 9.79. The maximum atomic E-state index is 10.2. The molecule has 2 fully saturated rings. The Labute approximate surface area is 80.3 Å². The van der Waals surface area contributed by atoms with E-state index in [0.717, 1.165) is 19.3 Å². The van der Waals surface area contributed by atoms with Gasteiger partial charge in [0, 0.05) is 12.5 Å². The lowest BCUT2D eigenvalue weighted by molar-refractivity contribution is -0.0617. The van der Waals surface area contributed by atoms with Crippen molar-refractivity contribution in [2.24, 2.45) is 11.3 Å². The van der Waals surface area contributed by atoms with Crippen molar-refractivity contribution in [2.75, 3.05) is 7.11 Å². The highest BCUT2D eigenvalue weighted by atomic mass is 16.5. The third-order valence-electron chi connectivity index (χ3n) is 4.23. The predicted molar refractivity (Wildman–Crippen MR) is 51.5 cm³/mol. The molecule has 1 N–H and O–H groups in total. The molecule has 2 aliphatic rings. The fourth-order valence-corrected chi connectivity index (χ4v) is 3.41. The van der Waals surface area contributed by atoms with Crippen molar-refractivity contribution in [1.82, 2.24) is 0 Å². The molecule has 0 aromatic heterocycles. The first kappa shape index (κ1) is 9.47. The van der Waals surface area contributed by atoms with Crippen LogP contribution in [0.3, 0.4) is 0 Å². The Morgan fingerprint density at radius 1 is 1.31 bits per heavy atom. The smallest absolute Gasteiger partial charge is 0.0652 e. The van der Waals surface area contributed by atoms with Crippen molar-refractivity contribution in [3.8, 4) is 0 Å². The molecule has 0 saturated heterocycles. The van der Waals surface area contributed by atoms with Crippen LogP contribution in [0.4, 0.5) is 0 Å². The lowest BCUT2D eigenvalue weighted by Gasteiger charge is -2.34. The molecule has 76 valence electrons. The summed E-state index contributed by atoms with van der Waals surface area (Å²) in [6, 6.07) is 0. The molecule has 0 amide bonds. The molecule has 0 radical (unpaired) electrons. The van der Waals surface area contributed by atoms with Gasteiger partial charge in [-0.15, -0.1) is 0 Å². The highest BCUT2D eigenvalue weighted by molar-refractivity contribution is 5.03. The number of rotatable bonds is 1. The van der Waals surface area contributed by atoms with E-state index in [2.05, 4.69) is 6.92 Å². The Morgan fingerprint density at radius 2 is 2.08 bits per heavy atom. The monoisotopic (exact) mass is 184 g/mol. The summed E-state index contributed by atoms with van der Waals surface area (Å²) in [7, 11) is 1.79. The van der Waals surface area contributed by atoms with E-state index in [4.69, 9.17) is 4.74 Å². The summed E-state index contributed by atoms with van der Waals surface area (Å²) in [5.74, 6) is 0.468. The number of hydrogen-bond acceptors (Lipinski definition) is 2. The number of hydrogen-bond donors (Lipinski definition) is 1.